The third kappa shape index (κ3) is 4.18. The predicted octanol–water partition coefficient (Wildman–Crippen LogP) is 3.59. The topological polar surface area (TPSA) is 109 Å². The van der Waals surface area contributed by atoms with Gasteiger partial charge in [-0.3, -0.25) is 4.79 Å². The van der Waals surface area contributed by atoms with E-state index in [1.165, 1.54) is 12.3 Å². The van der Waals surface area contributed by atoms with Crippen molar-refractivity contribution in [2.75, 3.05) is 20.3 Å². The number of benzene rings is 1. The highest BCUT2D eigenvalue weighted by atomic mass is 16.6. The molecule has 0 saturated carbocycles. The average Bonchev–Trinajstić information content (AvgIpc) is 2.85. The van der Waals surface area contributed by atoms with Gasteiger partial charge in [-0.1, -0.05) is 13.8 Å². The van der Waals surface area contributed by atoms with E-state index in [4.69, 9.17) is 18.9 Å². The molecule has 2 aromatic heterocycles. The Bertz CT molecular complexity index is 1350. The molecule has 9 nitrogen and oxygen atoms in total. The monoisotopic (exact) mass is 478 g/mol. The Morgan fingerprint density at radius 2 is 2.11 bits per heavy atom. The molecule has 0 radical (unpaired) electrons. The Labute approximate surface area is 201 Å². The van der Waals surface area contributed by atoms with E-state index in [1.54, 1.807) is 25.4 Å². The van der Waals surface area contributed by atoms with Crippen LogP contribution in [0, 0.1) is 5.92 Å². The van der Waals surface area contributed by atoms with Gasteiger partial charge in [0.2, 0.25) is 0 Å². The molecule has 3 aromatic rings. The zero-order valence-electron chi connectivity index (χ0n) is 19.7. The number of methoxy groups -OCH3 is 1. The standard InChI is InChI=1S/C26H26N2O7/c1-14(2)19-7-15-8-24(34-13-16-12-33-22-5-4-6-27-25(22)35-16)23(32-3)9-17(15)20-10-21(29)18(26(30)31)11-28(19)20/h4-6,8-11,14,16,19H,7,12-13H2,1-3H3,(H,30,31)/t16-,19-/m1/s1. The summed E-state index contributed by atoms with van der Waals surface area (Å²) in [5.74, 6) is 1.08. The third-order valence-corrected chi connectivity index (χ3v) is 6.40. The maximum Gasteiger partial charge on any atom is 0.341 e. The van der Waals surface area contributed by atoms with Crippen molar-refractivity contribution in [3.05, 3.63) is 64.1 Å². The second-order valence-corrected chi connectivity index (χ2v) is 8.99. The Morgan fingerprint density at radius 1 is 1.29 bits per heavy atom. The maximum absolute atomic E-state index is 12.5. The summed E-state index contributed by atoms with van der Waals surface area (Å²) in [5, 5.41) is 9.45. The summed E-state index contributed by atoms with van der Waals surface area (Å²) in [6.45, 7) is 4.72. The average molecular weight is 479 g/mol. The van der Waals surface area contributed by atoms with Gasteiger partial charge in [0, 0.05) is 30.1 Å². The quantitative estimate of drug-likeness (QED) is 0.573. The third-order valence-electron chi connectivity index (χ3n) is 6.40. The normalized spacial score (nSPS) is 17.9. The van der Waals surface area contributed by atoms with Gasteiger partial charge in [-0.25, -0.2) is 9.78 Å². The molecule has 1 aromatic carbocycles. The van der Waals surface area contributed by atoms with Crippen molar-refractivity contribution in [3.8, 4) is 34.4 Å². The molecule has 2 atom stereocenters. The first-order valence-electron chi connectivity index (χ1n) is 11.4. The Morgan fingerprint density at radius 3 is 2.86 bits per heavy atom. The molecule has 0 bridgehead atoms. The summed E-state index contributed by atoms with van der Waals surface area (Å²) >= 11 is 0. The molecule has 0 spiro atoms. The minimum Gasteiger partial charge on any atom is -0.493 e. The summed E-state index contributed by atoms with van der Waals surface area (Å²) in [4.78, 5) is 28.3. The van der Waals surface area contributed by atoms with Crippen LogP contribution in [0.4, 0.5) is 0 Å². The van der Waals surface area contributed by atoms with Gasteiger partial charge in [0.15, 0.2) is 28.8 Å². The summed E-state index contributed by atoms with van der Waals surface area (Å²) in [6.07, 6.45) is 3.42. The van der Waals surface area contributed by atoms with Crippen molar-refractivity contribution in [1.82, 2.24) is 9.55 Å². The molecule has 0 aliphatic carbocycles. The van der Waals surface area contributed by atoms with Crippen molar-refractivity contribution >= 4 is 5.97 Å². The molecule has 0 amide bonds. The molecule has 5 rings (SSSR count). The van der Waals surface area contributed by atoms with Crippen molar-refractivity contribution in [2.45, 2.75) is 32.4 Å². The number of rotatable bonds is 6. The lowest BCUT2D eigenvalue weighted by molar-refractivity contribution is 0.0480. The first-order valence-corrected chi connectivity index (χ1v) is 11.4. The number of nitrogens with zero attached hydrogens (tertiary/aromatic N) is 2. The fraction of sp³-hybridized carbons (Fsp3) is 0.346. The summed E-state index contributed by atoms with van der Waals surface area (Å²) in [6, 6.07) is 8.74. The van der Waals surface area contributed by atoms with Crippen LogP contribution in [0.2, 0.25) is 0 Å². The van der Waals surface area contributed by atoms with Crippen molar-refractivity contribution < 1.29 is 28.8 Å². The number of carbonyl (C=O) groups is 1. The van der Waals surface area contributed by atoms with Crippen molar-refractivity contribution in [3.63, 3.8) is 0 Å². The van der Waals surface area contributed by atoms with Crippen LogP contribution >= 0.6 is 0 Å². The van der Waals surface area contributed by atoms with E-state index in [9.17, 15) is 14.7 Å². The molecule has 2 aliphatic rings. The zero-order valence-corrected chi connectivity index (χ0v) is 19.7. The predicted molar refractivity (Wildman–Crippen MR) is 127 cm³/mol. The molecule has 35 heavy (non-hydrogen) atoms. The van der Waals surface area contributed by atoms with Crippen LogP contribution < -0.4 is 24.4 Å². The smallest absolute Gasteiger partial charge is 0.341 e. The van der Waals surface area contributed by atoms with Gasteiger partial charge in [0.05, 0.1) is 12.8 Å². The molecule has 1 N–H and O–H groups in total. The van der Waals surface area contributed by atoms with Gasteiger partial charge in [-0.2, -0.15) is 0 Å². The Hall–Kier alpha value is -4.01. The molecule has 0 unspecified atom stereocenters. The number of carboxylic acid groups (broad SMARTS) is 1. The number of fused-ring (bicyclic) bond motifs is 4. The first kappa shape index (κ1) is 22.8. The Kier molecular flexibility index (Phi) is 5.84. The molecular formula is C26H26N2O7. The number of pyridine rings is 2. The molecular weight excluding hydrogens is 452 g/mol. The minimum atomic E-state index is -1.23. The highest BCUT2D eigenvalue weighted by Gasteiger charge is 2.30. The fourth-order valence-corrected chi connectivity index (χ4v) is 4.58. The van der Waals surface area contributed by atoms with Gasteiger partial charge >= 0.3 is 5.97 Å². The van der Waals surface area contributed by atoms with Crippen LogP contribution in [0.3, 0.4) is 0 Å². The second-order valence-electron chi connectivity index (χ2n) is 8.99. The van der Waals surface area contributed by atoms with Gasteiger partial charge < -0.3 is 28.6 Å². The molecule has 9 heteroatoms. The van der Waals surface area contributed by atoms with Crippen molar-refractivity contribution in [1.29, 1.82) is 0 Å². The number of ether oxygens (including phenoxy) is 4. The van der Waals surface area contributed by atoms with Gasteiger partial charge in [0.25, 0.3) is 5.88 Å². The molecule has 2 aliphatic heterocycles. The molecule has 182 valence electrons. The summed E-state index contributed by atoms with van der Waals surface area (Å²) in [7, 11) is 1.55. The van der Waals surface area contributed by atoms with Crippen LogP contribution in [-0.4, -0.2) is 47.1 Å². The van der Waals surface area contributed by atoms with Crippen LogP contribution in [0.1, 0.15) is 35.8 Å². The number of aromatic nitrogens is 2. The lowest BCUT2D eigenvalue weighted by atomic mass is 9.87. The fourth-order valence-electron chi connectivity index (χ4n) is 4.58. The van der Waals surface area contributed by atoms with E-state index in [2.05, 4.69) is 18.8 Å². The lowest BCUT2D eigenvalue weighted by Crippen LogP contribution is -2.35. The van der Waals surface area contributed by atoms with Crippen molar-refractivity contribution in [2.24, 2.45) is 5.92 Å². The van der Waals surface area contributed by atoms with Crippen LogP contribution in [-0.2, 0) is 6.42 Å². The summed E-state index contributed by atoms with van der Waals surface area (Å²) in [5.41, 5.74) is 1.71. The van der Waals surface area contributed by atoms with E-state index in [0.717, 1.165) is 11.1 Å². The van der Waals surface area contributed by atoms with E-state index in [1.807, 2.05) is 16.7 Å². The Balaban J connectivity index is 1.47. The summed E-state index contributed by atoms with van der Waals surface area (Å²) < 4.78 is 25.2. The number of hydrogen-bond acceptors (Lipinski definition) is 7. The zero-order chi connectivity index (χ0) is 24.7. The van der Waals surface area contributed by atoms with Gasteiger partial charge in [-0.15, -0.1) is 0 Å². The first-order chi connectivity index (χ1) is 16.9. The van der Waals surface area contributed by atoms with E-state index < -0.39 is 11.4 Å². The van der Waals surface area contributed by atoms with E-state index >= 15 is 0 Å². The molecule has 0 fully saturated rings. The van der Waals surface area contributed by atoms with E-state index in [0.29, 0.717) is 41.9 Å². The highest BCUT2D eigenvalue weighted by molar-refractivity contribution is 5.88. The largest absolute Gasteiger partial charge is 0.493 e. The van der Waals surface area contributed by atoms with Crippen LogP contribution in [0.15, 0.2) is 47.5 Å². The molecule has 0 saturated heterocycles. The second kappa shape index (κ2) is 8.98. The highest BCUT2D eigenvalue weighted by Crippen LogP contribution is 2.43. The molecule has 4 heterocycles. The van der Waals surface area contributed by atoms with Crippen LogP contribution in [0.25, 0.3) is 11.3 Å². The number of aromatic carboxylic acids is 1. The SMILES string of the molecule is COc1cc2c(cc1OC[C@H]1COc3cccnc3O1)C[C@H](C(C)C)n1cc(C(=O)O)c(=O)cc1-2. The minimum absolute atomic E-state index is 0.0184. The number of carboxylic acids is 1. The van der Waals surface area contributed by atoms with Gasteiger partial charge in [-0.05, 0) is 42.2 Å². The maximum atomic E-state index is 12.5. The van der Waals surface area contributed by atoms with Crippen LogP contribution in [0.5, 0.6) is 23.1 Å². The van der Waals surface area contributed by atoms with E-state index in [-0.39, 0.29) is 30.2 Å². The number of hydrogen-bond donors (Lipinski definition) is 1. The van der Waals surface area contributed by atoms with Gasteiger partial charge in [0.1, 0.15) is 18.8 Å². The lowest BCUT2D eigenvalue weighted by Gasteiger charge is -2.34.